The van der Waals surface area contributed by atoms with Crippen molar-refractivity contribution in [3.05, 3.63) is 82.2 Å². The van der Waals surface area contributed by atoms with Crippen LogP contribution in [0, 0.1) is 5.82 Å². The smallest absolute Gasteiger partial charge is 0.270 e. The second-order valence-electron chi connectivity index (χ2n) is 5.65. The Labute approximate surface area is 169 Å². The largest absolute Gasteiger partial charge is 0.457 e. The monoisotopic (exact) mass is 415 g/mol. The van der Waals surface area contributed by atoms with Crippen LogP contribution in [0.15, 0.2) is 70.0 Å². The molecule has 4 rings (SSSR count). The van der Waals surface area contributed by atoms with Crippen LogP contribution in [0.2, 0.25) is 5.02 Å². The second-order valence-corrected chi connectivity index (χ2v) is 7.73. The molecule has 1 fully saturated rings. The lowest BCUT2D eigenvalue weighted by Crippen LogP contribution is -2.28. The van der Waals surface area contributed by atoms with Crippen LogP contribution in [0.1, 0.15) is 5.76 Å². The summed E-state index contributed by atoms with van der Waals surface area (Å²) in [5.74, 6) is 0.190. The van der Waals surface area contributed by atoms with E-state index in [1.807, 2.05) is 18.2 Å². The van der Waals surface area contributed by atoms with Crippen molar-refractivity contribution in [1.82, 2.24) is 0 Å². The van der Waals surface area contributed by atoms with Crippen LogP contribution < -0.4 is 4.90 Å². The van der Waals surface area contributed by atoms with Crippen molar-refractivity contribution in [3.63, 3.8) is 0 Å². The third-order valence-electron chi connectivity index (χ3n) is 3.93. The Morgan fingerprint density at radius 3 is 2.59 bits per heavy atom. The molecule has 1 amide bonds. The number of nitrogens with zero attached hydrogens (tertiary/aromatic N) is 1. The minimum atomic E-state index is -0.506. The minimum Gasteiger partial charge on any atom is -0.457 e. The molecule has 2 aromatic carbocycles. The maximum absolute atomic E-state index is 14.1. The first-order valence-electron chi connectivity index (χ1n) is 7.92. The van der Waals surface area contributed by atoms with Gasteiger partial charge in [0.05, 0.1) is 15.6 Å². The Morgan fingerprint density at radius 1 is 1.07 bits per heavy atom. The molecule has 0 atom stereocenters. The Kier molecular flexibility index (Phi) is 4.86. The number of amides is 1. The molecule has 0 unspecified atom stereocenters. The Balaban J connectivity index is 1.64. The molecule has 3 nitrogen and oxygen atoms in total. The third-order valence-corrected chi connectivity index (χ3v) is 5.56. The molecule has 0 aliphatic carbocycles. The van der Waals surface area contributed by atoms with Gasteiger partial charge in [-0.1, -0.05) is 59.8 Å². The molecule has 0 saturated carbocycles. The number of thioether (sulfide) groups is 1. The highest BCUT2D eigenvalue weighted by molar-refractivity contribution is 8.27. The highest BCUT2D eigenvalue weighted by atomic mass is 35.5. The predicted molar refractivity (Wildman–Crippen MR) is 111 cm³/mol. The average molecular weight is 416 g/mol. The summed E-state index contributed by atoms with van der Waals surface area (Å²) in [6, 6.07) is 16.9. The van der Waals surface area contributed by atoms with Gasteiger partial charge in [0.2, 0.25) is 0 Å². The zero-order valence-electron chi connectivity index (χ0n) is 13.7. The maximum Gasteiger partial charge on any atom is 0.270 e. The van der Waals surface area contributed by atoms with E-state index in [0.29, 0.717) is 21.4 Å². The Bertz CT molecular complexity index is 1090. The first-order chi connectivity index (χ1) is 13.0. The fourth-order valence-corrected chi connectivity index (χ4v) is 4.17. The van der Waals surface area contributed by atoms with E-state index in [0.717, 1.165) is 17.3 Å². The van der Waals surface area contributed by atoms with E-state index in [1.165, 1.54) is 17.0 Å². The summed E-state index contributed by atoms with van der Waals surface area (Å²) in [5, 5.41) is 0.573. The lowest BCUT2D eigenvalue weighted by Gasteiger charge is -2.14. The molecule has 0 radical (unpaired) electrons. The molecule has 0 N–H and O–H groups in total. The number of thiocarbonyl (C=S) groups is 1. The van der Waals surface area contributed by atoms with Crippen LogP contribution in [0.25, 0.3) is 17.4 Å². The molecule has 0 bridgehead atoms. The van der Waals surface area contributed by atoms with Gasteiger partial charge in [-0.25, -0.2) is 4.39 Å². The molecule has 1 aliphatic heterocycles. The summed E-state index contributed by atoms with van der Waals surface area (Å²) < 4.78 is 20.1. The van der Waals surface area contributed by atoms with Crippen molar-refractivity contribution in [2.75, 3.05) is 4.90 Å². The van der Waals surface area contributed by atoms with Crippen molar-refractivity contribution < 1.29 is 13.6 Å². The van der Waals surface area contributed by atoms with Gasteiger partial charge in [0, 0.05) is 11.6 Å². The quantitative estimate of drug-likeness (QED) is 0.379. The van der Waals surface area contributed by atoms with Gasteiger partial charge in [-0.3, -0.25) is 9.69 Å². The standard InChI is InChI=1S/C20H11ClFNO2S2/c21-14-6-2-1-5-13(14)17-10-9-12(25-17)11-18-19(24)23(20(26)27-18)16-8-4-3-7-15(16)22/h1-11H/b18-11+. The number of halogens is 2. The van der Waals surface area contributed by atoms with Crippen molar-refractivity contribution >= 4 is 57.6 Å². The average Bonchev–Trinajstić information content (AvgIpc) is 3.21. The molecular weight excluding hydrogens is 405 g/mol. The van der Waals surface area contributed by atoms with Crippen LogP contribution in [0.3, 0.4) is 0 Å². The number of anilines is 1. The molecular formula is C20H11ClFNO2S2. The molecule has 27 heavy (non-hydrogen) atoms. The van der Waals surface area contributed by atoms with Crippen molar-refractivity contribution in [1.29, 1.82) is 0 Å². The Morgan fingerprint density at radius 2 is 1.81 bits per heavy atom. The maximum atomic E-state index is 14.1. The topological polar surface area (TPSA) is 33.5 Å². The Hall–Kier alpha value is -2.41. The molecule has 1 aromatic heterocycles. The first-order valence-corrected chi connectivity index (χ1v) is 9.52. The lowest BCUT2D eigenvalue weighted by atomic mass is 10.2. The molecule has 3 aromatic rings. The fourth-order valence-electron chi connectivity index (χ4n) is 2.67. The summed E-state index contributed by atoms with van der Waals surface area (Å²) in [4.78, 5) is 14.3. The van der Waals surface area contributed by atoms with Crippen LogP contribution in [0.5, 0.6) is 0 Å². The van der Waals surface area contributed by atoms with Gasteiger partial charge < -0.3 is 4.42 Å². The van der Waals surface area contributed by atoms with E-state index in [2.05, 4.69) is 0 Å². The van der Waals surface area contributed by atoms with E-state index >= 15 is 0 Å². The fraction of sp³-hybridized carbons (Fsp3) is 0. The van der Waals surface area contributed by atoms with Crippen LogP contribution in [-0.4, -0.2) is 10.2 Å². The summed E-state index contributed by atoms with van der Waals surface area (Å²) in [6.07, 6.45) is 1.60. The molecule has 1 aliphatic rings. The number of carbonyl (C=O) groups is 1. The van der Waals surface area contributed by atoms with E-state index < -0.39 is 5.82 Å². The SMILES string of the molecule is O=C1/C(=C\c2ccc(-c3ccccc3Cl)o2)SC(=S)N1c1ccccc1F. The number of benzene rings is 2. The number of furan rings is 1. The number of para-hydroxylation sites is 1. The number of hydrogen-bond acceptors (Lipinski definition) is 4. The highest BCUT2D eigenvalue weighted by Gasteiger charge is 2.34. The van der Waals surface area contributed by atoms with Crippen molar-refractivity contribution in [3.8, 4) is 11.3 Å². The van der Waals surface area contributed by atoms with Gasteiger partial charge in [-0.15, -0.1) is 0 Å². The lowest BCUT2D eigenvalue weighted by molar-refractivity contribution is -0.113. The molecule has 0 spiro atoms. The summed E-state index contributed by atoms with van der Waals surface area (Å²) in [7, 11) is 0. The van der Waals surface area contributed by atoms with Crippen LogP contribution in [-0.2, 0) is 4.79 Å². The second kappa shape index (κ2) is 7.31. The summed E-state index contributed by atoms with van der Waals surface area (Å²) in [5.41, 5.74) is 0.900. The van der Waals surface area contributed by atoms with E-state index in [-0.39, 0.29) is 15.9 Å². The third kappa shape index (κ3) is 3.43. The molecule has 2 heterocycles. The van der Waals surface area contributed by atoms with Gasteiger partial charge in [0.15, 0.2) is 4.32 Å². The minimum absolute atomic E-state index is 0.139. The number of carbonyl (C=O) groups excluding carboxylic acids is 1. The molecule has 134 valence electrons. The van der Waals surface area contributed by atoms with Gasteiger partial charge in [0.1, 0.15) is 17.3 Å². The normalized spacial score (nSPS) is 15.8. The van der Waals surface area contributed by atoms with Gasteiger partial charge in [0.25, 0.3) is 5.91 Å². The van der Waals surface area contributed by atoms with Crippen molar-refractivity contribution in [2.45, 2.75) is 0 Å². The van der Waals surface area contributed by atoms with Gasteiger partial charge >= 0.3 is 0 Å². The zero-order valence-corrected chi connectivity index (χ0v) is 16.1. The van der Waals surface area contributed by atoms with Crippen LogP contribution >= 0.6 is 35.6 Å². The van der Waals surface area contributed by atoms with E-state index in [4.69, 9.17) is 28.2 Å². The first kappa shape index (κ1) is 18.0. The van der Waals surface area contributed by atoms with Gasteiger partial charge in [-0.2, -0.15) is 0 Å². The van der Waals surface area contributed by atoms with Gasteiger partial charge in [-0.05, 0) is 36.4 Å². The van der Waals surface area contributed by atoms with E-state index in [1.54, 1.807) is 36.4 Å². The van der Waals surface area contributed by atoms with Crippen LogP contribution in [0.4, 0.5) is 10.1 Å². The number of hydrogen-bond donors (Lipinski definition) is 0. The highest BCUT2D eigenvalue weighted by Crippen LogP contribution is 2.37. The van der Waals surface area contributed by atoms with Crippen molar-refractivity contribution in [2.24, 2.45) is 0 Å². The number of rotatable bonds is 3. The summed E-state index contributed by atoms with van der Waals surface area (Å²) in [6.45, 7) is 0. The summed E-state index contributed by atoms with van der Waals surface area (Å²) >= 11 is 12.6. The molecule has 1 saturated heterocycles. The predicted octanol–water partition coefficient (Wildman–Crippen LogP) is 6.14. The molecule has 7 heteroatoms. The van der Waals surface area contributed by atoms with E-state index in [9.17, 15) is 9.18 Å². The zero-order chi connectivity index (χ0) is 19.0.